The largest absolute Gasteiger partial charge is 0.507 e. The number of Topliss-reactive ketones (excluding diaryl/α,β-unsaturated/α-hetero) is 1. The summed E-state index contributed by atoms with van der Waals surface area (Å²) in [4.78, 5) is 32.4. The van der Waals surface area contributed by atoms with Gasteiger partial charge >= 0.3 is 0 Å². The van der Waals surface area contributed by atoms with Gasteiger partial charge in [-0.1, -0.05) is 35.9 Å². The molecule has 0 aliphatic carbocycles. The van der Waals surface area contributed by atoms with Gasteiger partial charge in [0.25, 0.3) is 11.7 Å². The molecule has 43 heavy (non-hydrogen) atoms. The number of hydrogen-bond donors (Lipinski definition) is 1. The Bertz CT molecular complexity index is 1610. The van der Waals surface area contributed by atoms with E-state index >= 15 is 0 Å². The third-order valence-electron chi connectivity index (χ3n) is 7.33. The van der Waals surface area contributed by atoms with Crippen molar-refractivity contribution in [3.05, 3.63) is 113 Å². The molecule has 0 bridgehead atoms. The molecule has 1 aromatic heterocycles. The molecule has 1 aliphatic rings. The Balaban J connectivity index is 1.46. The Morgan fingerprint density at radius 3 is 2.49 bits per heavy atom. The highest BCUT2D eigenvalue weighted by Gasteiger charge is 2.46. The van der Waals surface area contributed by atoms with Crippen LogP contribution in [0.25, 0.3) is 5.76 Å². The molecule has 1 aliphatic heterocycles. The van der Waals surface area contributed by atoms with Gasteiger partial charge < -0.3 is 28.8 Å². The van der Waals surface area contributed by atoms with E-state index in [0.717, 1.165) is 11.1 Å². The molecular formula is C34H35N3O6. The van der Waals surface area contributed by atoms with Gasteiger partial charge in [0.1, 0.15) is 18.1 Å². The molecule has 9 heteroatoms. The Morgan fingerprint density at radius 1 is 0.977 bits per heavy atom. The number of carbonyl (C=O) groups is 2. The summed E-state index contributed by atoms with van der Waals surface area (Å²) in [6.45, 7) is 5.67. The zero-order chi connectivity index (χ0) is 30.3. The Morgan fingerprint density at radius 2 is 1.79 bits per heavy atom. The third kappa shape index (κ3) is 6.56. The van der Waals surface area contributed by atoms with Crippen molar-refractivity contribution in [2.75, 3.05) is 20.3 Å². The summed E-state index contributed by atoms with van der Waals surface area (Å²) >= 11 is 0. The minimum atomic E-state index is -0.815. The molecule has 0 spiro atoms. The van der Waals surface area contributed by atoms with E-state index in [4.69, 9.17) is 14.2 Å². The first-order chi connectivity index (χ1) is 20.9. The summed E-state index contributed by atoms with van der Waals surface area (Å²) in [6.07, 6.45) is 5.83. The van der Waals surface area contributed by atoms with Crippen molar-refractivity contribution in [3.63, 3.8) is 0 Å². The minimum Gasteiger partial charge on any atom is -0.507 e. The summed E-state index contributed by atoms with van der Waals surface area (Å²) in [6, 6.07) is 19.4. The first-order valence-corrected chi connectivity index (χ1v) is 14.2. The van der Waals surface area contributed by atoms with Crippen molar-refractivity contribution in [2.24, 2.45) is 0 Å². The second-order valence-corrected chi connectivity index (χ2v) is 10.3. The predicted octanol–water partition coefficient (Wildman–Crippen LogP) is 5.69. The number of aromatic nitrogens is 2. The van der Waals surface area contributed by atoms with E-state index in [0.29, 0.717) is 61.1 Å². The zero-order valence-corrected chi connectivity index (χ0v) is 24.5. The van der Waals surface area contributed by atoms with Crippen LogP contribution in [0.15, 0.2) is 91.0 Å². The van der Waals surface area contributed by atoms with Gasteiger partial charge in [-0.2, -0.15) is 0 Å². The van der Waals surface area contributed by atoms with Gasteiger partial charge in [-0.05, 0) is 67.8 Å². The summed E-state index contributed by atoms with van der Waals surface area (Å²) < 4.78 is 19.1. The summed E-state index contributed by atoms with van der Waals surface area (Å²) in [5.41, 5.74) is 3.25. The van der Waals surface area contributed by atoms with Crippen LogP contribution in [0.2, 0.25) is 0 Å². The van der Waals surface area contributed by atoms with E-state index in [9.17, 15) is 14.7 Å². The molecule has 1 unspecified atom stereocenters. The molecule has 1 N–H and O–H groups in total. The van der Waals surface area contributed by atoms with Crippen LogP contribution in [-0.4, -0.2) is 51.5 Å². The highest BCUT2D eigenvalue weighted by atomic mass is 16.5. The standard InChI is InChI=1S/C34H35N3O6/c1-4-42-28-14-11-26(20-29(28)41-3)31-30(33(39)34(40)37(31)17-6-16-36-18-15-35-22-36)32(38)25-9-12-27(13-10-25)43-21-24-8-5-7-23(2)19-24/h5,7-15,18-20,22,31,38H,4,6,16-17,21H2,1-3H3. The maximum atomic E-state index is 13.5. The van der Waals surface area contributed by atoms with E-state index in [2.05, 4.69) is 11.1 Å². The SMILES string of the molecule is CCOc1ccc(C2C(=C(O)c3ccc(OCc4cccc(C)c4)cc3)C(=O)C(=O)N2CCCn2ccnc2)cc1OC. The average molecular weight is 582 g/mol. The topological polar surface area (TPSA) is 103 Å². The molecule has 0 saturated carbocycles. The van der Waals surface area contributed by atoms with E-state index in [1.54, 1.807) is 55.0 Å². The normalized spacial score (nSPS) is 16.0. The number of ketones is 1. The number of ether oxygens (including phenoxy) is 3. The molecule has 1 amide bonds. The lowest BCUT2D eigenvalue weighted by Gasteiger charge is -2.26. The highest BCUT2D eigenvalue weighted by Crippen LogP contribution is 2.42. The smallest absolute Gasteiger partial charge is 0.295 e. The number of amides is 1. The Kier molecular flexibility index (Phi) is 9.10. The molecule has 1 atom stereocenters. The van der Waals surface area contributed by atoms with Gasteiger partial charge in [0.05, 0.1) is 31.7 Å². The van der Waals surface area contributed by atoms with Gasteiger partial charge in [0, 0.05) is 31.0 Å². The monoisotopic (exact) mass is 581 g/mol. The molecule has 222 valence electrons. The fourth-order valence-electron chi connectivity index (χ4n) is 5.26. The van der Waals surface area contributed by atoms with Gasteiger partial charge in [-0.15, -0.1) is 0 Å². The number of aryl methyl sites for hydroxylation is 2. The second kappa shape index (κ2) is 13.3. The number of aliphatic hydroxyl groups excluding tert-OH is 1. The number of hydrogen-bond acceptors (Lipinski definition) is 7. The first kappa shape index (κ1) is 29.4. The van der Waals surface area contributed by atoms with Gasteiger partial charge in [0.15, 0.2) is 11.5 Å². The highest BCUT2D eigenvalue weighted by molar-refractivity contribution is 6.46. The van der Waals surface area contributed by atoms with Crippen LogP contribution >= 0.6 is 0 Å². The van der Waals surface area contributed by atoms with Crippen molar-refractivity contribution < 1.29 is 28.9 Å². The van der Waals surface area contributed by atoms with Gasteiger partial charge in [-0.25, -0.2) is 4.98 Å². The minimum absolute atomic E-state index is 0.0206. The number of likely N-dealkylation sites (tertiary alicyclic amines) is 1. The van der Waals surface area contributed by atoms with Gasteiger partial charge in [0.2, 0.25) is 0 Å². The number of rotatable bonds is 12. The van der Waals surface area contributed by atoms with Gasteiger partial charge in [-0.3, -0.25) is 9.59 Å². The Labute approximate surface area is 251 Å². The van der Waals surface area contributed by atoms with E-state index in [-0.39, 0.29) is 11.3 Å². The Hall–Kier alpha value is -5.05. The maximum absolute atomic E-state index is 13.5. The fourth-order valence-corrected chi connectivity index (χ4v) is 5.26. The van der Waals surface area contributed by atoms with Crippen LogP contribution in [0.1, 0.15) is 41.6 Å². The second-order valence-electron chi connectivity index (χ2n) is 10.3. The van der Waals surface area contributed by atoms with Crippen molar-refractivity contribution >= 4 is 17.4 Å². The molecule has 1 saturated heterocycles. The number of aliphatic hydroxyl groups is 1. The number of imidazole rings is 1. The number of nitrogens with zero attached hydrogens (tertiary/aromatic N) is 3. The molecule has 2 heterocycles. The summed E-state index contributed by atoms with van der Waals surface area (Å²) in [5.74, 6) is -0.0178. The number of methoxy groups -OCH3 is 1. The van der Waals surface area contributed by atoms with Crippen molar-refractivity contribution in [1.29, 1.82) is 0 Å². The maximum Gasteiger partial charge on any atom is 0.295 e. The van der Waals surface area contributed by atoms with Crippen molar-refractivity contribution in [2.45, 2.75) is 39.5 Å². The van der Waals surface area contributed by atoms with Crippen LogP contribution in [0.5, 0.6) is 17.2 Å². The molecule has 0 radical (unpaired) electrons. The predicted molar refractivity (Wildman–Crippen MR) is 162 cm³/mol. The van der Waals surface area contributed by atoms with Crippen LogP contribution in [0, 0.1) is 6.92 Å². The molecule has 4 aromatic rings. The summed E-state index contributed by atoms with van der Waals surface area (Å²) in [5, 5.41) is 11.5. The van der Waals surface area contributed by atoms with Crippen LogP contribution < -0.4 is 14.2 Å². The first-order valence-electron chi connectivity index (χ1n) is 14.2. The van der Waals surface area contributed by atoms with Crippen molar-refractivity contribution in [1.82, 2.24) is 14.5 Å². The van der Waals surface area contributed by atoms with Crippen LogP contribution in [0.4, 0.5) is 0 Å². The molecule has 1 fully saturated rings. The lowest BCUT2D eigenvalue weighted by Crippen LogP contribution is -2.31. The van der Waals surface area contributed by atoms with Crippen molar-refractivity contribution in [3.8, 4) is 17.2 Å². The lowest BCUT2D eigenvalue weighted by molar-refractivity contribution is -0.139. The van der Waals surface area contributed by atoms with E-state index in [1.165, 1.54) is 12.0 Å². The van der Waals surface area contributed by atoms with Crippen LogP contribution in [-0.2, 0) is 22.7 Å². The quantitative estimate of drug-likeness (QED) is 0.130. The summed E-state index contributed by atoms with van der Waals surface area (Å²) in [7, 11) is 1.53. The average Bonchev–Trinajstić information content (AvgIpc) is 3.63. The van der Waals surface area contributed by atoms with E-state index in [1.807, 2.05) is 42.8 Å². The fraction of sp³-hybridized carbons (Fsp3) is 0.265. The van der Waals surface area contributed by atoms with E-state index < -0.39 is 17.7 Å². The molecule has 5 rings (SSSR count). The lowest BCUT2D eigenvalue weighted by atomic mass is 9.95. The zero-order valence-electron chi connectivity index (χ0n) is 24.5. The number of carbonyl (C=O) groups excluding carboxylic acids is 2. The molecular weight excluding hydrogens is 546 g/mol. The van der Waals surface area contributed by atoms with Crippen LogP contribution in [0.3, 0.4) is 0 Å². The third-order valence-corrected chi connectivity index (χ3v) is 7.33. The molecule has 9 nitrogen and oxygen atoms in total. The number of benzene rings is 3. The molecule has 3 aromatic carbocycles.